The largest absolute Gasteiger partial charge is 0.478 e. The van der Waals surface area contributed by atoms with Crippen molar-refractivity contribution in [3.05, 3.63) is 87.9 Å². The normalized spacial score (nSPS) is 13.3. The smallest absolute Gasteiger partial charge is 0.392 e. The fraction of sp³-hybridized carbons (Fsp3) is 0.167. The molecule has 0 aliphatic heterocycles. The molecule has 33 heavy (non-hydrogen) atoms. The van der Waals surface area contributed by atoms with Crippen molar-refractivity contribution >= 4 is 40.8 Å². The fourth-order valence-electron chi connectivity index (χ4n) is 3.45. The first-order valence-electron chi connectivity index (χ1n) is 9.74. The fourth-order valence-corrected chi connectivity index (χ4v) is 3.74. The van der Waals surface area contributed by atoms with Gasteiger partial charge >= 0.3 is 12.1 Å². The summed E-state index contributed by atoms with van der Waals surface area (Å²) in [6.07, 6.45) is -4.63. The summed E-state index contributed by atoms with van der Waals surface area (Å²) in [4.78, 5) is 24.6. The van der Waals surface area contributed by atoms with Gasteiger partial charge in [-0.15, -0.1) is 0 Å². The van der Waals surface area contributed by atoms with Crippen LogP contribution in [0.2, 0.25) is 10.0 Å². The topological polar surface area (TPSA) is 66.4 Å². The first kappa shape index (κ1) is 24.6. The van der Waals surface area contributed by atoms with E-state index < -0.39 is 29.9 Å². The number of hydrogen-bond donors (Lipinski definition) is 2. The maximum Gasteiger partial charge on any atom is 0.392 e. The number of carboxylic acids is 1. The molecule has 9 heteroatoms. The van der Waals surface area contributed by atoms with Crippen molar-refractivity contribution in [2.45, 2.75) is 19.0 Å². The number of anilines is 1. The van der Waals surface area contributed by atoms with Crippen LogP contribution >= 0.6 is 23.2 Å². The van der Waals surface area contributed by atoms with Gasteiger partial charge in [-0.3, -0.25) is 4.79 Å². The van der Waals surface area contributed by atoms with E-state index in [9.17, 15) is 27.9 Å². The quantitative estimate of drug-likeness (QED) is 0.377. The number of hydrogen-bond acceptors (Lipinski definition) is 2. The summed E-state index contributed by atoms with van der Waals surface area (Å²) in [7, 11) is 0. The predicted molar refractivity (Wildman–Crippen MR) is 122 cm³/mol. The third-order valence-electron chi connectivity index (χ3n) is 5.22. The summed E-state index contributed by atoms with van der Waals surface area (Å²) in [6.45, 7) is 0.931. The van der Waals surface area contributed by atoms with E-state index in [4.69, 9.17) is 23.2 Å². The summed E-state index contributed by atoms with van der Waals surface area (Å²) in [5.41, 5.74) is 1.04. The zero-order valence-corrected chi connectivity index (χ0v) is 18.7. The first-order chi connectivity index (χ1) is 15.5. The van der Waals surface area contributed by atoms with Gasteiger partial charge in [-0.1, -0.05) is 66.5 Å². The molecule has 0 radical (unpaired) electrons. The Labute approximate surface area is 198 Å². The SMILES string of the molecule is C[C@H]([C@H](C(=O)Nc1cc(-c2ccccc2C(=O)O)ccc1Cl)c1ccc(Cl)cc1)C(F)(F)F. The molecule has 3 aromatic rings. The Morgan fingerprint density at radius 2 is 1.61 bits per heavy atom. The van der Waals surface area contributed by atoms with Crippen LogP contribution in [0.3, 0.4) is 0 Å². The third kappa shape index (κ3) is 5.67. The minimum atomic E-state index is -4.63. The second-order valence-corrected chi connectivity index (χ2v) is 8.24. The number of carbonyl (C=O) groups is 2. The van der Waals surface area contributed by atoms with Crippen LogP contribution in [0.1, 0.15) is 28.8 Å². The highest BCUT2D eigenvalue weighted by atomic mass is 35.5. The summed E-state index contributed by atoms with van der Waals surface area (Å²) >= 11 is 12.0. The first-order valence-corrected chi connectivity index (χ1v) is 10.5. The van der Waals surface area contributed by atoms with E-state index in [1.165, 1.54) is 42.5 Å². The molecule has 1 amide bonds. The highest BCUT2D eigenvalue weighted by molar-refractivity contribution is 6.34. The molecular weight excluding hydrogens is 478 g/mol. The van der Waals surface area contributed by atoms with Crippen LogP contribution in [0.5, 0.6) is 0 Å². The highest BCUT2D eigenvalue weighted by Crippen LogP contribution is 2.39. The molecule has 3 rings (SSSR count). The molecule has 0 fully saturated rings. The Balaban J connectivity index is 2.00. The molecular formula is C24H18Cl2F3NO3. The van der Waals surface area contributed by atoms with Gasteiger partial charge in [0.1, 0.15) is 0 Å². The lowest BCUT2D eigenvalue weighted by molar-refractivity contribution is -0.178. The van der Waals surface area contributed by atoms with Gasteiger partial charge < -0.3 is 10.4 Å². The van der Waals surface area contributed by atoms with E-state index in [1.807, 2.05) is 0 Å². The van der Waals surface area contributed by atoms with Crippen LogP contribution in [-0.2, 0) is 4.79 Å². The molecule has 0 bridgehead atoms. The van der Waals surface area contributed by atoms with Gasteiger partial charge in [-0.25, -0.2) is 4.79 Å². The van der Waals surface area contributed by atoms with Crippen LogP contribution in [-0.4, -0.2) is 23.2 Å². The average molecular weight is 496 g/mol. The number of carboxylic acid groups (broad SMARTS) is 1. The molecule has 0 heterocycles. The van der Waals surface area contributed by atoms with Gasteiger partial charge in [0, 0.05) is 5.02 Å². The van der Waals surface area contributed by atoms with Crippen molar-refractivity contribution in [2.75, 3.05) is 5.32 Å². The summed E-state index contributed by atoms with van der Waals surface area (Å²) in [6, 6.07) is 16.2. The molecule has 0 saturated carbocycles. The standard InChI is InChI=1S/C24H18Cl2F3NO3/c1-13(24(27,28)29)21(14-6-9-16(25)10-7-14)22(31)30-20-12-15(8-11-19(20)26)17-4-2-3-5-18(17)23(32)33/h2-13,21H,1H3,(H,30,31)(H,32,33)/t13-,21+/m1/s1. The Kier molecular flexibility index (Phi) is 7.34. The van der Waals surface area contributed by atoms with Crippen molar-refractivity contribution in [3.8, 4) is 11.1 Å². The van der Waals surface area contributed by atoms with E-state index in [0.29, 0.717) is 16.1 Å². The lowest BCUT2D eigenvalue weighted by Crippen LogP contribution is -2.34. The second kappa shape index (κ2) is 9.85. The van der Waals surface area contributed by atoms with Gasteiger partial charge in [-0.2, -0.15) is 13.2 Å². The molecule has 0 aromatic heterocycles. The Bertz CT molecular complexity index is 1180. The maximum absolute atomic E-state index is 13.6. The number of halogens is 5. The lowest BCUT2D eigenvalue weighted by Gasteiger charge is -2.26. The molecule has 4 nitrogen and oxygen atoms in total. The molecule has 2 N–H and O–H groups in total. The molecule has 172 valence electrons. The summed E-state index contributed by atoms with van der Waals surface area (Å²) < 4.78 is 40.7. The summed E-state index contributed by atoms with van der Waals surface area (Å²) in [5, 5.41) is 12.3. The van der Waals surface area contributed by atoms with Crippen LogP contribution in [0.25, 0.3) is 11.1 Å². The number of amides is 1. The number of nitrogens with one attached hydrogen (secondary N) is 1. The van der Waals surface area contributed by atoms with E-state index in [2.05, 4.69) is 5.32 Å². The van der Waals surface area contributed by atoms with E-state index in [-0.39, 0.29) is 21.8 Å². The van der Waals surface area contributed by atoms with Crippen molar-refractivity contribution in [1.29, 1.82) is 0 Å². The van der Waals surface area contributed by atoms with Crippen LogP contribution in [0.4, 0.5) is 18.9 Å². The van der Waals surface area contributed by atoms with Gasteiger partial charge in [0.05, 0.1) is 28.1 Å². The Morgan fingerprint density at radius 3 is 2.21 bits per heavy atom. The minimum absolute atomic E-state index is 0.0295. The van der Waals surface area contributed by atoms with Crippen molar-refractivity contribution in [2.24, 2.45) is 5.92 Å². The molecule has 0 aliphatic rings. The lowest BCUT2D eigenvalue weighted by atomic mass is 9.85. The third-order valence-corrected chi connectivity index (χ3v) is 5.80. The molecule has 0 saturated heterocycles. The molecule has 2 atom stereocenters. The Hall–Kier alpha value is -3.03. The molecule has 0 spiro atoms. The average Bonchev–Trinajstić information content (AvgIpc) is 2.76. The van der Waals surface area contributed by atoms with Gasteiger partial charge in [-0.05, 0) is 47.0 Å². The van der Waals surface area contributed by atoms with Crippen LogP contribution in [0, 0.1) is 5.92 Å². The molecule has 0 aliphatic carbocycles. The number of rotatable bonds is 6. The highest BCUT2D eigenvalue weighted by Gasteiger charge is 2.45. The van der Waals surface area contributed by atoms with E-state index >= 15 is 0 Å². The number of carbonyl (C=O) groups excluding carboxylic acids is 1. The van der Waals surface area contributed by atoms with Crippen molar-refractivity contribution < 1.29 is 27.9 Å². The van der Waals surface area contributed by atoms with Crippen molar-refractivity contribution in [1.82, 2.24) is 0 Å². The summed E-state index contributed by atoms with van der Waals surface area (Å²) in [5.74, 6) is -5.61. The van der Waals surface area contributed by atoms with E-state index in [0.717, 1.165) is 6.92 Å². The maximum atomic E-state index is 13.6. The molecule has 0 unspecified atom stereocenters. The monoisotopic (exact) mass is 495 g/mol. The van der Waals surface area contributed by atoms with Gasteiger partial charge in [0.15, 0.2) is 0 Å². The number of benzene rings is 3. The van der Waals surface area contributed by atoms with Gasteiger partial charge in [0.25, 0.3) is 0 Å². The second-order valence-electron chi connectivity index (χ2n) is 7.39. The number of aromatic carboxylic acids is 1. The van der Waals surface area contributed by atoms with Gasteiger partial charge in [0.2, 0.25) is 5.91 Å². The minimum Gasteiger partial charge on any atom is -0.478 e. The van der Waals surface area contributed by atoms with Crippen LogP contribution < -0.4 is 5.32 Å². The van der Waals surface area contributed by atoms with E-state index in [1.54, 1.807) is 24.3 Å². The zero-order valence-electron chi connectivity index (χ0n) is 17.2. The zero-order chi connectivity index (χ0) is 24.3. The number of alkyl halides is 3. The predicted octanol–water partition coefficient (Wildman–Crippen LogP) is 7.28. The molecule has 3 aromatic carbocycles. The van der Waals surface area contributed by atoms with Crippen molar-refractivity contribution in [3.63, 3.8) is 0 Å². The van der Waals surface area contributed by atoms with Crippen LogP contribution in [0.15, 0.2) is 66.7 Å². The Morgan fingerprint density at radius 1 is 0.970 bits per heavy atom.